The van der Waals surface area contributed by atoms with E-state index in [-0.39, 0.29) is 0 Å². The Balaban J connectivity index is 1.83. The first kappa shape index (κ1) is 21.6. The van der Waals surface area contributed by atoms with Crippen LogP contribution in [0.15, 0.2) is 35.4 Å². The van der Waals surface area contributed by atoms with Crippen molar-refractivity contribution in [1.29, 1.82) is 5.26 Å². The summed E-state index contributed by atoms with van der Waals surface area (Å²) in [7, 11) is 0. The molecule has 1 aromatic heterocycles. The molecule has 1 fully saturated rings. The van der Waals surface area contributed by atoms with E-state index in [1.807, 2.05) is 32.0 Å². The van der Waals surface area contributed by atoms with Crippen LogP contribution in [0.1, 0.15) is 41.4 Å². The number of hydrogen-bond donors (Lipinski definition) is 1. The van der Waals surface area contributed by atoms with Gasteiger partial charge < -0.3 is 19.5 Å². The van der Waals surface area contributed by atoms with E-state index in [9.17, 15) is 15.2 Å². The topological polar surface area (TPSA) is 95.7 Å². The Hall–Kier alpha value is -2.60. The van der Waals surface area contributed by atoms with Gasteiger partial charge in [-0.1, -0.05) is 42.1 Å². The van der Waals surface area contributed by atoms with Crippen molar-refractivity contribution in [2.24, 2.45) is 0 Å². The monoisotopic (exact) mass is 439 g/mol. The summed E-state index contributed by atoms with van der Waals surface area (Å²) in [4.78, 5) is 19.1. The van der Waals surface area contributed by atoms with Crippen LogP contribution >= 0.6 is 11.8 Å². The predicted octanol–water partition coefficient (Wildman–Crippen LogP) is 3.56. The zero-order valence-corrected chi connectivity index (χ0v) is 18.4. The third-order valence-corrected chi connectivity index (χ3v) is 6.77. The van der Waals surface area contributed by atoms with Crippen LogP contribution < -0.4 is 4.90 Å². The molecule has 0 amide bonds. The molecular weight excluding hydrogens is 414 g/mol. The first-order valence-corrected chi connectivity index (χ1v) is 11.1. The van der Waals surface area contributed by atoms with Crippen molar-refractivity contribution in [1.82, 2.24) is 4.98 Å². The second-order valence-corrected chi connectivity index (χ2v) is 9.35. The summed E-state index contributed by atoms with van der Waals surface area (Å²) in [5.41, 5.74) is 2.55. The van der Waals surface area contributed by atoms with Gasteiger partial charge in [-0.15, -0.1) is 0 Å². The molecule has 2 aliphatic heterocycles. The highest BCUT2D eigenvalue weighted by atomic mass is 32.2. The van der Waals surface area contributed by atoms with Gasteiger partial charge in [0.1, 0.15) is 22.2 Å². The Morgan fingerprint density at radius 2 is 1.97 bits per heavy atom. The number of aliphatic carboxylic acids is 1. The second-order valence-electron chi connectivity index (χ2n) is 8.26. The third kappa shape index (κ3) is 4.54. The van der Waals surface area contributed by atoms with Gasteiger partial charge >= 0.3 is 5.97 Å². The molecule has 162 valence electrons. The number of thioether (sulfide) groups is 1. The summed E-state index contributed by atoms with van der Waals surface area (Å²) in [5.74, 6) is -0.191. The number of pyridine rings is 1. The minimum atomic E-state index is -0.962. The molecule has 4 rings (SSSR count). The molecule has 0 aliphatic carbocycles. The van der Waals surface area contributed by atoms with Crippen LogP contribution in [0.4, 0.5) is 5.82 Å². The van der Waals surface area contributed by atoms with Crippen molar-refractivity contribution < 1.29 is 19.4 Å². The molecule has 8 heteroatoms. The molecule has 1 unspecified atom stereocenters. The summed E-state index contributed by atoms with van der Waals surface area (Å²) < 4.78 is 11.5. The number of fused-ring (bicyclic) bond motifs is 1. The maximum atomic E-state index is 12.1. The Bertz CT molecular complexity index is 1010. The maximum absolute atomic E-state index is 12.1. The third-order valence-electron chi connectivity index (χ3n) is 5.55. The highest BCUT2D eigenvalue weighted by Gasteiger charge is 2.35. The SMILES string of the molecule is CC1(C)Cc2c(C#N)c(SC(C(=O)O)c3ccccc3)nc(N3CCOCC3)c2CO1. The summed E-state index contributed by atoms with van der Waals surface area (Å²) in [5, 5.41) is 19.6. The molecule has 1 aromatic carbocycles. The molecule has 0 radical (unpaired) electrons. The van der Waals surface area contributed by atoms with E-state index in [2.05, 4.69) is 11.0 Å². The second kappa shape index (κ2) is 8.87. The number of aromatic nitrogens is 1. The smallest absolute Gasteiger partial charge is 0.321 e. The van der Waals surface area contributed by atoms with Gasteiger partial charge in [-0.05, 0) is 25.0 Å². The molecule has 3 heterocycles. The number of hydrogen-bond acceptors (Lipinski definition) is 7. The molecule has 0 bridgehead atoms. The minimum Gasteiger partial charge on any atom is -0.480 e. The van der Waals surface area contributed by atoms with Crippen molar-refractivity contribution in [3.8, 4) is 6.07 Å². The molecule has 2 aliphatic rings. The predicted molar refractivity (Wildman–Crippen MR) is 117 cm³/mol. The fourth-order valence-electron chi connectivity index (χ4n) is 3.96. The van der Waals surface area contributed by atoms with Crippen molar-refractivity contribution in [2.75, 3.05) is 31.2 Å². The Labute approximate surface area is 186 Å². The minimum absolute atomic E-state index is 0.378. The summed E-state index contributed by atoms with van der Waals surface area (Å²) in [6.45, 7) is 6.98. The fourth-order valence-corrected chi connectivity index (χ4v) is 5.01. The van der Waals surface area contributed by atoms with Gasteiger partial charge in [-0.3, -0.25) is 4.79 Å². The van der Waals surface area contributed by atoms with E-state index < -0.39 is 16.8 Å². The Morgan fingerprint density at radius 3 is 2.61 bits per heavy atom. The number of rotatable bonds is 5. The highest BCUT2D eigenvalue weighted by molar-refractivity contribution is 8.00. The van der Waals surface area contributed by atoms with Crippen LogP contribution in [0.5, 0.6) is 0 Å². The van der Waals surface area contributed by atoms with E-state index in [0.717, 1.165) is 28.7 Å². The lowest BCUT2D eigenvalue weighted by atomic mass is 9.89. The van der Waals surface area contributed by atoms with Crippen LogP contribution in [-0.2, 0) is 27.3 Å². The van der Waals surface area contributed by atoms with Crippen LogP contribution in [0, 0.1) is 11.3 Å². The first-order chi connectivity index (χ1) is 14.9. The zero-order chi connectivity index (χ0) is 22.0. The fraction of sp³-hybridized carbons (Fsp3) is 0.435. The average molecular weight is 440 g/mol. The van der Waals surface area contributed by atoms with Crippen molar-refractivity contribution in [3.63, 3.8) is 0 Å². The maximum Gasteiger partial charge on any atom is 0.321 e. The number of carboxylic acids is 1. The van der Waals surface area contributed by atoms with Crippen molar-refractivity contribution in [2.45, 2.75) is 42.8 Å². The summed E-state index contributed by atoms with van der Waals surface area (Å²) in [6, 6.07) is 11.4. The highest BCUT2D eigenvalue weighted by Crippen LogP contribution is 2.42. The van der Waals surface area contributed by atoms with Gasteiger partial charge in [0.05, 0.1) is 31.0 Å². The van der Waals surface area contributed by atoms with Gasteiger partial charge in [0, 0.05) is 25.1 Å². The number of carboxylic acid groups (broad SMARTS) is 1. The number of nitriles is 1. The molecule has 1 N–H and O–H groups in total. The zero-order valence-electron chi connectivity index (χ0n) is 17.6. The van der Waals surface area contributed by atoms with Crippen molar-refractivity contribution in [3.05, 3.63) is 52.6 Å². The number of ether oxygens (including phenoxy) is 2. The van der Waals surface area contributed by atoms with Crippen LogP contribution in [-0.4, -0.2) is 48.0 Å². The van der Waals surface area contributed by atoms with Crippen LogP contribution in [0.2, 0.25) is 0 Å². The first-order valence-electron chi connectivity index (χ1n) is 10.3. The van der Waals surface area contributed by atoms with E-state index in [4.69, 9.17) is 14.5 Å². The van der Waals surface area contributed by atoms with Gasteiger partial charge in [-0.25, -0.2) is 4.98 Å². The molecule has 2 aromatic rings. The standard InChI is InChI=1S/C23H25N3O4S/c1-23(2)12-16-17(13-24)21(31-19(22(27)28)15-6-4-3-5-7-15)25-20(18(16)14-30-23)26-8-10-29-11-9-26/h3-7,19H,8-12,14H2,1-2H3,(H,27,28). The number of benzene rings is 1. The number of nitrogens with zero attached hydrogens (tertiary/aromatic N) is 3. The van der Waals surface area contributed by atoms with E-state index in [1.54, 1.807) is 12.1 Å². The Kier molecular flexibility index (Phi) is 6.19. The van der Waals surface area contributed by atoms with Crippen molar-refractivity contribution >= 4 is 23.5 Å². The quantitative estimate of drug-likeness (QED) is 0.707. The average Bonchev–Trinajstić information content (AvgIpc) is 2.77. The van der Waals surface area contributed by atoms with E-state index in [0.29, 0.717) is 55.5 Å². The molecule has 0 spiro atoms. The van der Waals surface area contributed by atoms with E-state index >= 15 is 0 Å². The molecule has 31 heavy (non-hydrogen) atoms. The number of carbonyl (C=O) groups is 1. The summed E-state index contributed by atoms with van der Waals surface area (Å²) in [6.07, 6.45) is 0.571. The van der Waals surface area contributed by atoms with E-state index in [1.165, 1.54) is 0 Å². The largest absolute Gasteiger partial charge is 0.480 e. The summed E-state index contributed by atoms with van der Waals surface area (Å²) >= 11 is 1.12. The molecule has 0 saturated carbocycles. The molecule has 7 nitrogen and oxygen atoms in total. The lowest BCUT2D eigenvalue weighted by Crippen LogP contribution is -2.39. The van der Waals surface area contributed by atoms with Gasteiger partial charge in [0.2, 0.25) is 0 Å². The number of morpholine rings is 1. The molecule has 1 saturated heterocycles. The normalized spacial score (nSPS) is 18.7. The Morgan fingerprint density at radius 1 is 1.26 bits per heavy atom. The van der Waals surface area contributed by atoms with Gasteiger partial charge in [0.15, 0.2) is 0 Å². The lowest BCUT2D eigenvalue weighted by Gasteiger charge is -2.37. The van der Waals surface area contributed by atoms with Crippen LogP contribution in [0.25, 0.3) is 0 Å². The molecular formula is C23H25N3O4S. The van der Waals surface area contributed by atoms with Gasteiger partial charge in [0.25, 0.3) is 0 Å². The molecule has 1 atom stereocenters. The number of anilines is 1. The van der Waals surface area contributed by atoms with Gasteiger partial charge in [-0.2, -0.15) is 5.26 Å². The van der Waals surface area contributed by atoms with Crippen LogP contribution in [0.3, 0.4) is 0 Å². The lowest BCUT2D eigenvalue weighted by molar-refractivity contribution is -0.136.